The molecule has 2 rings (SSSR count). The first-order valence-corrected chi connectivity index (χ1v) is 9.54. The van der Waals surface area contributed by atoms with Crippen LogP contribution in [0.4, 0.5) is 10.7 Å². The molecule has 0 spiro atoms. The Morgan fingerprint density at radius 1 is 1.38 bits per heavy atom. The van der Waals surface area contributed by atoms with E-state index in [0.717, 1.165) is 5.54 Å². The van der Waals surface area contributed by atoms with Gasteiger partial charge in [-0.25, -0.2) is 22.6 Å². The van der Waals surface area contributed by atoms with Crippen LogP contribution in [0.1, 0.15) is 12.7 Å². The highest BCUT2D eigenvalue weighted by Gasteiger charge is 2.23. The molecule has 140 valence electrons. The van der Waals surface area contributed by atoms with Gasteiger partial charge < -0.3 is 4.74 Å². The molecule has 2 aromatic rings. The first kappa shape index (κ1) is 20.0. The first-order chi connectivity index (χ1) is 12.3. The van der Waals surface area contributed by atoms with E-state index in [1.54, 1.807) is 11.6 Å². The van der Waals surface area contributed by atoms with Gasteiger partial charge in [0.05, 0.1) is 5.54 Å². The molecular formula is C14H15Cl2N5O4S. The first-order valence-electron chi connectivity index (χ1n) is 7.24. The molecule has 2 amide bonds. The average molecular weight is 420 g/mol. The summed E-state index contributed by atoms with van der Waals surface area (Å²) < 4.78 is 33.5. The maximum absolute atomic E-state index is 12.5. The summed E-state index contributed by atoms with van der Waals surface area (Å²) in [5.74, 6) is 0.459. The lowest BCUT2D eigenvalue weighted by Crippen LogP contribution is -2.34. The number of hydrogen-bond acceptors (Lipinski definition) is 6. The zero-order chi connectivity index (χ0) is 19.3. The molecule has 0 unspecified atom stereocenters. The highest BCUT2D eigenvalue weighted by molar-refractivity contribution is 7.90. The summed E-state index contributed by atoms with van der Waals surface area (Å²) in [6, 6.07) is 4.59. The number of para-hydroxylation sites is 1. The van der Waals surface area contributed by atoms with Crippen LogP contribution in [0.15, 0.2) is 39.9 Å². The number of benzene rings is 1. The smallest absolute Gasteiger partial charge is 0.335 e. The molecule has 0 atom stereocenters. The lowest BCUT2D eigenvalue weighted by atomic mass is 10.3. The van der Waals surface area contributed by atoms with Crippen molar-refractivity contribution >= 4 is 45.2 Å². The van der Waals surface area contributed by atoms with E-state index >= 15 is 0 Å². The summed E-state index contributed by atoms with van der Waals surface area (Å²) in [6.45, 7) is 4.12. The van der Waals surface area contributed by atoms with Crippen molar-refractivity contribution in [3.8, 4) is 5.75 Å². The van der Waals surface area contributed by atoms with Gasteiger partial charge in [-0.3, -0.25) is 5.32 Å². The molecule has 9 nitrogen and oxygen atoms in total. The number of rotatable bonds is 6. The molecule has 0 aliphatic carbocycles. The van der Waals surface area contributed by atoms with Gasteiger partial charge in [-0.05, 0) is 37.6 Å². The second-order valence-corrected chi connectivity index (χ2v) is 7.06. The number of amides is 2. The van der Waals surface area contributed by atoms with E-state index in [1.807, 2.05) is 11.6 Å². The van der Waals surface area contributed by atoms with Gasteiger partial charge in [-0.2, -0.15) is 4.98 Å². The molecule has 0 bridgehead atoms. The minimum Gasteiger partial charge on any atom is -0.443 e. The molecule has 0 fully saturated rings. The summed E-state index contributed by atoms with van der Waals surface area (Å²) in [5.41, 5.74) is 0.934. The van der Waals surface area contributed by atoms with Gasteiger partial charge in [0, 0.05) is 6.54 Å². The Morgan fingerprint density at radius 3 is 2.69 bits per heavy atom. The number of urea groups is 1. The van der Waals surface area contributed by atoms with Crippen LogP contribution in [0.25, 0.3) is 0 Å². The molecule has 0 aliphatic heterocycles. The lowest BCUT2D eigenvalue weighted by molar-refractivity contribution is 0.256. The fraction of sp³-hybridized carbons (Fsp3) is 0.214. The third-order valence-corrected chi connectivity index (χ3v) is 4.91. The van der Waals surface area contributed by atoms with Crippen molar-refractivity contribution in [3.63, 3.8) is 0 Å². The molecule has 1 aromatic carbocycles. The van der Waals surface area contributed by atoms with E-state index < -0.39 is 16.1 Å². The van der Waals surface area contributed by atoms with Crippen molar-refractivity contribution in [1.29, 1.82) is 0 Å². The normalized spacial score (nSPS) is 11.9. The minimum absolute atomic E-state index is 0.0188. The van der Waals surface area contributed by atoms with Crippen LogP contribution in [0.5, 0.6) is 5.75 Å². The SMILES string of the molecule is CCn1nc(NC(=O)NS(=O)(=O)c2ccccc2O/C(Cl)=C/Cl)nc1C. The summed E-state index contributed by atoms with van der Waals surface area (Å²) in [7, 11) is -4.25. The Morgan fingerprint density at radius 2 is 2.08 bits per heavy atom. The van der Waals surface area contributed by atoms with Crippen molar-refractivity contribution in [2.24, 2.45) is 0 Å². The molecule has 0 aliphatic rings. The van der Waals surface area contributed by atoms with Crippen molar-refractivity contribution in [3.05, 3.63) is 40.8 Å². The predicted octanol–water partition coefficient (Wildman–Crippen LogP) is 2.77. The number of nitrogens with one attached hydrogen (secondary N) is 2. The van der Waals surface area contributed by atoms with Gasteiger partial charge in [0.1, 0.15) is 16.5 Å². The van der Waals surface area contributed by atoms with Crippen molar-refractivity contribution in [1.82, 2.24) is 19.5 Å². The Balaban J connectivity index is 2.19. The van der Waals surface area contributed by atoms with Crippen molar-refractivity contribution in [2.45, 2.75) is 25.3 Å². The van der Waals surface area contributed by atoms with Crippen molar-refractivity contribution in [2.75, 3.05) is 5.32 Å². The summed E-state index contributed by atoms with van der Waals surface area (Å²) >= 11 is 11.1. The largest absolute Gasteiger partial charge is 0.443 e. The minimum atomic E-state index is -4.25. The van der Waals surface area contributed by atoms with Gasteiger partial charge in [-0.15, -0.1) is 5.10 Å². The lowest BCUT2D eigenvalue weighted by Gasteiger charge is -2.11. The second-order valence-electron chi connectivity index (χ2n) is 4.82. The molecule has 26 heavy (non-hydrogen) atoms. The Labute approximate surface area is 160 Å². The molecule has 0 radical (unpaired) electrons. The highest BCUT2D eigenvalue weighted by atomic mass is 35.5. The Hall–Kier alpha value is -2.30. The number of sulfonamides is 1. The molecule has 2 N–H and O–H groups in total. The number of aromatic nitrogens is 3. The quantitative estimate of drug-likeness (QED) is 0.695. The maximum atomic E-state index is 12.5. The number of halogens is 2. The topological polar surface area (TPSA) is 115 Å². The molecule has 0 saturated heterocycles. The van der Waals surface area contributed by atoms with E-state index in [4.69, 9.17) is 27.9 Å². The van der Waals surface area contributed by atoms with E-state index in [9.17, 15) is 13.2 Å². The number of nitrogens with zero attached hydrogens (tertiary/aromatic N) is 3. The number of anilines is 1. The summed E-state index contributed by atoms with van der Waals surface area (Å²) in [5, 5.41) is 6.04. The fourth-order valence-electron chi connectivity index (χ4n) is 1.96. The van der Waals surface area contributed by atoms with Gasteiger partial charge in [-0.1, -0.05) is 23.7 Å². The predicted molar refractivity (Wildman–Crippen MR) is 96.6 cm³/mol. The zero-order valence-corrected chi connectivity index (χ0v) is 16.1. The van der Waals surface area contributed by atoms with E-state index in [-0.39, 0.29) is 21.8 Å². The number of ether oxygens (including phenoxy) is 1. The second kappa shape index (κ2) is 8.39. The van der Waals surface area contributed by atoms with E-state index in [2.05, 4.69) is 15.4 Å². The number of carbonyl (C=O) groups excluding carboxylic acids is 1. The molecule has 0 saturated carbocycles. The van der Waals surface area contributed by atoms with Crippen LogP contribution in [0.3, 0.4) is 0 Å². The molecule has 1 aromatic heterocycles. The van der Waals surface area contributed by atoms with E-state index in [0.29, 0.717) is 12.4 Å². The highest BCUT2D eigenvalue weighted by Crippen LogP contribution is 2.26. The average Bonchev–Trinajstić information content (AvgIpc) is 2.93. The fourth-order valence-corrected chi connectivity index (χ4v) is 3.13. The summed E-state index contributed by atoms with van der Waals surface area (Å²) in [6.07, 6.45) is 0. The van der Waals surface area contributed by atoms with Crippen LogP contribution in [-0.2, 0) is 16.6 Å². The standard InChI is InChI=1S/C14H15Cl2N5O4S/c1-3-21-9(2)17-13(19-21)18-14(22)20-26(23,24)11-7-5-4-6-10(11)25-12(16)8-15/h4-8H,3H2,1-2H3,(H2,18,19,20,22)/b12-8+. The van der Waals surface area contributed by atoms with E-state index in [1.165, 1.54) is 24.3 Å². The number of aryl methyl sites for hydroxylation is 2. The number of hydrogen-bond donors (Lipinski definition) is 2. The third-order valence-electron chi connectivity index (χ3n) is 3.04. The third kappa shape index (κ3) is 4.87. The van der Waals surface area contributed by atoms with Gasteiger partial charge >= 0.3 is 6.03 Å². The van der Waals surface area contributed by atoms with Gasteiger partial charge in [0.15, 0.2) is 0 Å². The monoisotopic (exact) mass is 419 g/mol. The Kier molecular flexibility index (Phi) is 6.46. The molecular weight excluding hydrogens is 405 g/mol. The zero-order valence-electron chi connectivity index (χ0n) is 13.7. The van der Waals surface area contributed by atoms with Gasteiger partial charge in [0.25, 0.3) is 10.0 Å². The van der Waals surface area contributed by atoms with Crippen LogP contribution < -0.4 is 14.8 Å². The summed E-state index contributed by atoms with van der Waals surface area (Å²) in [4.78, 5) is 15.7. The Bertz CT molecular complexity index is 943. The van der Waals surface area contributed by atoms with Crippen molar-refractivity contribution < 1.29 is 17.9 Å². The van der Waals surface area contributed by atoms with Crippen LogP contribution in [0.2, 0.25) is 0 Å². The maximum Gasteiger partial charge on any atom is 0.335 e. The molecule has 1 heterocycles. The van der Waals surface area contributed by atoms with Crippen LogP contribution in [0, 0.1) is 6.92 Å². The van der Waals surface area contributed by atoms with Crippen LogP contribution in [-0.4, -0.2) is 29.2 Å². The molecule has 12 heteroatoms. The van der Waals surface area contributed by atoms with Crippen LogP contribution >= 0.6 is 23.2 Å². The van der Waals surface area contributed by atoms with Gasteiger partial charge in [0.2, 0.25) is 11.2 Å². The number of carbonyl (C=O) groups is 1.